The van der Waals surface area contributed by atoms with Crippen molar-refractivity contribution in [3.05, 3.63) is 21.9 Å². The van der Waals surface area contributed by atoms with Crippen molar-refractivity contribution in [2.75, 3.05) is 18.1 Å². The molecule has 0 fully saturated rings. The first-order valence-electron chi connectivity index (χ1n) is 5.72. The average Bonchev–Trinajstić information content (AvgIpc) is 2.71. The van der Waals surface area contributed by atoms with E-state index in [1.807, 2.05) is 23.1 Å². The Morgan fingerprint density at radius 2 is 2.07 bits per heavy atom. The highest BCUT2D eigenvalue weighted by Crippen LogP contribution is 2.16. The number of nitrogens with one attached hydrogen (secondary N) is 1. The summed E-state index contributed by atoms with van der Waals surface area (Å²) in [4.78, 5) is 2.96. The molecule has 0 aliphatic rings. The number of rotatable bonds is 8. The molecule has 86 valence electrons. The summed E-state index contributed by atoms with van der Waals surface area (Å²) in [6.45, 7) is 6.62. The van der Waals surface area contributed by atoms with E-state index in [-0.39, 0.29) is 0 Å². The van der Waals surface area contributed by atoms with Gasteiger partial charge in [0.05, 0.1) is 0 Å². The van der Waals surface area contributed by atoms with Crippen molar-refractivity contribution in [3.63, 3.8) is 0 Å². The van der Waals surface area contributed by atoms with Crippen molar-refractivity contribution in [3.8, 4) is 0 Å². The van der Waals surface area contributed by atoms with Crippen LogP contribution >= 0.6 is 23.1 Å². The van der Waals surface area contributed by atoms with Gasteiger partial charge in [0.25, 0.3) is 0 Å². The van der Waals surface area contributed by atoms with Gasteiger partial charge in [-0.3, -0.25) is 0 Å². The fourth-order valence-corrected chi connectivity index (χ4v) is 2.93. The minimum Gasteiger partial charge on any atom is -0.312 e. The van der Waals surface area contributed by atoms with Gasteiger partial charge in [0.2, 0.25) is 0 Å². The van der Waals surface area contributed by atoms with Gasteiger partial charge in [-0.2, -0.15) is 11.8 Å². The number of hydrogen-bond acceptors (Lipinski definition) is 3. The predicted octanol–water partition coefficient (Wildman–Crippen LogP) is 3.54. The SMILES string of the molecule is CCSCCCNCc1ccc(CC)s1. The molecule has 1 N–H and O–H groups in total. The molecule has 0 unspecified atom stereocenters. The van der Waals surface area contributed by atoms with Gasteiger partial charge in [0.15, 0.2) is 0 Å². The number of hydrogen-bond donors (Lipinski definition) is 1. The highest BCUT2D eigenvalue weighted by molar-refractivity contribution is 7.99. The molecule has 0 saturated carbocycles. The summed E-state index contributed by atoms with van der Waals surface area (Å²) in [7, 11) is 0. The topological polar surface area (TPSA) is 12.0 Å². The van der Waals surface area contributed by atoms with Gasteiger partial charge >= 0.3 is 0 Å². The molecular weight excluding hydrogens is 222 g/mol. The molecule has 1 aromatic heterocycles. The molecule has 0 spiro atoms. The normalized spacial score (nSPS) is 10.8. The fraction of sp³-hybridized carbons (Fsp3) is 0.667. The molecule has 0 aliphatic carbocycles. The number of aryl methyl sites for hydroxylation is 1. The third kappa shape index (κ3) is 5.59. The van der Waals surface area contributed by atoms with E-state index in [9.17, 15) is 0 Å². The minimum absolute atomic E-state index is 1.04. The van der Waals surface area contributed by atoms with Crippen molar-refractivity contribution in [1.29, 1.82) is 0 Å². The Hall–Kier alpha value is 0.01000. The second-order valence-electron chi connectivity index (χ2n) is 3.45. The van der Waals surface area contributed by atoms with Crippen LogP contribution in [-0.4, -0.2) is 18.1 Å². The van der Waals surface area contributed by atoms with Gasteiger partial charge in [-0.15, -0.1) is 11.3 Å². The third-order valence-electron chi connectivity index (χ3n) is 2.21. The van der Waals surface area contributed by atoms with Gasteiger partial charge < -0.3 is 5.32 Å². The Balaban J connectivity index is 2.04. The highest BCUT2D eigenvalue weighted by atomic mass is 32.2. The van der Waals surface area contributed by atoms with Crippen LogP contribution in [0.5, 0.6) is 0 Å². The predicted molar refractivity (Wildman–Crippen MR) is 73.0 cm³/mol. The summed E-state index contributed by atoms with van der Waals surface area (Å²) in [5.74, 6) is 2.53. The van der Waals surface area contributed by atoms with Crippen molar-refractivity contribution in [2.24, 2.45) is 0 Å². The van der Waals surface area contributed by atoms with Crippen molar-refractivity contribution >= 4 is 23.1 Å². The highest BCUT2D eigenvalue weighted by Gasteiger charge is 1.97. The van der Waals surface area contributed by atoms with Gasteiger partial charge in [0.1, 0.15) is 0 Å². The molecule has 0 aliphatic heterocycles. The quantitative estimate of drug-likeness (QED) is 0.701. The maximum absolute atomic E-state index is 3.50. The van der Waals surface area contributed by atoms with Crippen molar-refractivity contribution < 1.29 is 0 Å². The fourth-order valence-electron chi connectivity index (χ4n) is 1.36. The molecule has 1 aromatic rings. The molecule has 0 aromatic carbocycles. The Bertz CT molecular complexity index is 258. The van der Waals surface area contributed by atoms with Crippen LogP contribution in [0.3, 0.4) is 0 Å². The van der Waals surface area contributed by atoms with Crippen LogP contribution in [0.4, 0.5) is 0 Å². The van der Waals surface area contributed by atoms with Gasteiger partial charge in [0, 0.05) is 16.3 Å². The Morgan fingerprint density at radius 3 is 2.73 bits per heavy atom. The second-order valence-corrected chi connectivity index (χ2v) is 6.10. The Kier molecular flexibility index (Phi) is 7.14. The minimum atomic E-state index is 1.04. The lowest BCUT2D eigenvalue weighted by atomic mass is 10.3. The van der Waals surface area contributed by atoms with Crippen LogP contribution in [-0.2, 0) is 13.0 Å². The van der Waals surface area contributed by atoms with Crippen LogP contribution in [0, 0.1) is 0 Å². The zero-order valence-corrected chi connectivity index (χ0v) is 11.3. The summed E-state index contributed by atoms with van der Waals surface area (Å²) in [6.07, 6.45) is 2.45. The lowest BCUT2D eigenvalue weighted by Gasteiger charge is -2.02. The third-order valence-corrected chi connectivity index (χ3v) is 4.43. The van der Waals surface area contributed by atoms with E-state index < -0.39 is 0 Å². The van der Waals surface area contributed by atoms with E-state index in [1.165, 1.54) is 27.7 Å². The monoisotopic (exact) mass is 243 g/mol. The largest absolute Gasteiger partial charge is 0.312 e. The summed E-state index contributed by atoms with van der Waals surface area (Å²) in [5, 5.41) is 3.50. The number of thiophene rings is 1. The Morgan fingerprint density at radius 1 is 1.27 bits per heavy atom. The van der Waals surface area contributed by atoms with Crippen LogP contribution in [0.25, 0.3) is 0 Å². The zero-order valence-electron chi connectivity index (χ0n) is 9.71. The van der Waals surface area contributed by atoms with Crippen molar-refractivity contribution in [1.82, 2.24) is 5.32 Å². The molecule has 1 heterocycles. The maximum atomic E-state index is 3.50. The smallest absolute Gasteiger partial charge is 0.0299 e. The van der Waals surface area contributed by atoms with Crippen LogP contribution < -0.4 is 5.32 Å². The standard InChI is InChI=1S/C12H21NS2/c1-3-11-6-7-12(15-11)10-13-8-5-9-14-4-2/h6-7,13H,3-5,8-10H2,1-2H3. The van der Waals surface area contributed by atoms with E-state index in [0.717, 1.165) is 19.5 Å². The van der Waals surface area contributed by atoms with Crippen LogP contribution in [0.1, 0.15) is 30.0 Å². The van der Waals surface area contributed by atoms with E-state index in [4.69, 9.17) is 0 Å². The first kappa shape index (κ1) is 13.1. The average molecular weight is 243 g/mol. The first-order valence-corrected chi connectivity index (χ1v) is 7.70. The van der Waals surface area contributed by atoms with E-state index in [0.29, 0.717) is 0 Å². The first-order chi connectivity index (χ1) is 7.36. The van der Waals surface area contributed by atoms with Gasteiger partial charge in [-0.05, 0) is 43.0 Å². The van der Waals surface area contributed by atoms with Crippen molar-refractivity contribution in [2.45, 2.75) is 33.2 Å². The second kappa shape index (κ2) is 8.20. The molecule has 1 rings (SSSR count). The molecule has 0 bridgehead atoms. The van der Waals surface area contributed by atoms with E-state index >= 15 is 0 Å². The summed E-state index contributed by atoms with van der Waals surface area (Å²) in [5.41, 5.74) is 0. The molecule has 1 nitrogen and oxygen atoms in total. The molecule has 0 atom stereocenters. The molecule has 15 heavy (non-hydrogen) atoms. The lowest BCUT2D eigenvalue weighted by Crippen LogP contribution is -2.14. The number of thioether (sulfide) groups is 1. The summed E-state index contributed by atoms with van der Waals surface area (Å²) in [6, 6.07) is 4.49. The van der Waals surface area contributed by atoms with Crippen LogP contribution in [0.15, 0.2) is 12.1 Å². The lowest BCUT2D eigenvalue weighted by molar-refractivity contribution is 0.685. The van der Waals surface area contributed by atoms with Gasteiger partial charge in [-0.25, -0.2) is 0 Å². The van der Waals surface area contributed by atoms with E-state index in [2.05, 4.69) is 31.3 Å². The van der Waals surface area contributed by atoms with Gasteiger partial charge in [-0.1, -0.05) is 13.8 Å². The maximum Gasteiger partial charge on any atom is 0.0299 e. The summed E-state index contributed by atoms with van der Waals surface area (Å²) >= 11 is 3.96. The molecule has 0 saturated heterocycles. The summed E-state index contributed by atoms with van der Waals surface area (Å²) < 4.78 is 0. The van der Waals surface area contributed by atoms with E-state index in [1.54, 1.807) is 0 Å². The zero-order chi connectivity index (χ0) is 10.9. The molecule has 0 radical (unpaired) electrons. The molecule has 0 amide bonds. The molecule has 3 heteroatoms. The van der Waals surface area contributed by atoms with Crippen LogP contribution in [0.2, 0.25) is 0 Å². The molecular formula is C12H21NS2. The Labute approximate surface area is 102 Å².